The molecule has 2 aromatic carbocycles. The maximum absolute atomic E-state index is 14.9. The molecule has 0 amide bonds. The fourth-order valence-corrected chi connectivity index (χ4v) is 8.98. The molecule has 2 fully saturated rings. The van der Waals surface area contributed by atoms with E-state index in [1.165, 1.54) is 0 Å². The van der Waals surface area contributed by atoms with Crippen LogP contribution in [0.15, 0.2) is 48.5 Å². The predicted octanol–water partition coefficient (Wildman–Crippen LogP) is 3.72. The number of aryl methyl sites for hydroxylation is 2. The molecule has 5 heteroatoms. The highest BCUT2D eigenvalue weighted by molar-refractivity contribution is 7.93. The van der Waals surface area contributed by atoms with Crippen molar-refractivity contribution in [2.45, 2.75) is 40.5 Å². The van der Waals surface area contributed by atoms with Crippen LogP contribution in [0.2, 0.25) is 0 Å². The fourth-order valence-electron chi connectivity index (χ4n) is 5.51. The SMILES string of the molecule is Cc1ccccc1P(=O)(C(=O)C12CCC(C(=O)C1=O)C2(C)C)c1ccccc1C. The van der Waals surface area contributed by atoms with Gasteiger partial charge in [0.15, 0.2) is 0 Å². The summed E-state index contributed by atoms with van der Waals surface area (Å²) >= 11 is 0. The fraction of sp³-hybridized carbons (Fsp3) is 0.375. The topological polar surface area (TPSA) is 68.3 Å². The number of carbonyl (C=O) groups is 3. The van der Waals surface area contributed by atoms with Crippen molar-refractivity contribution in [3.8, 4) is 0 Å². The zero-order valence-electron chi connectivity index (χ0n) is 17.2. The molecule has 0 aliphatic heterocycles. The first kappa shape index (κ1) is 20.0. The molecule has 150 valence electrons. The molecule has 0 saturated heterocycles. The molecule has 0 radical (unpaired) electrons. The normalized spacial score (nSPS) is 25.4. The van der Waals surface area contributed by atoms with Crippen molar-refractivity contribution in [1.29, 1.82) is 0 Å². The molecule has 2 aromatic rings. The highest BCUT2D eigenvalue weighted by Crippen LogP contribution is 2.68. The molecule has 29 heavy (non-hydrogen) atoms. The predicted molar refractivity (Wildman–Crippen MR) is 113 cm³/mol. The van der Waals surface area contributed by atoms with E-state index in [1.54, 1.807) is 24.3 Å². The minimum absolute atomic E-state index is 0.288. The maximum atomic E-state index is 14.9. The van der Waals surface area contributed by atoms with Gasteiger partial charge < -0.3 is 4.57 Å². The van der Waals surface area contributed by atoms with Gasteiger partial charge in [-0.1, -0.05) is 62.4 Å². The van der Waals surface area contributed by atoms with Gasteiger partial charge >= 0.3 is 0 Å². The summed E-state index contributed by atoms with van der Waals surface area (Å²) in [5.74, 6) is -1.59. The van der Waals surface area contributed by atoms with Crippen LogP contribution in [-0.2, 0) is 18.9 Å². The molecule has 2 aliphatic rings. The Morgan fingerprint density at radius 2 is 1.41 bits per heavy atom. The van der Waals surface area contributed by atoms with Crippen LogP contribution in [0.3, 0.4) is 0 Å². The first-order valence-corrected chi connectivity index (χ1v) is 11.7. The lowest BCUT2D eigenvalue weighted by Crippen LogP contribution is -2.47. The van der Waals surface area contributed by atoms with Crippen LogP contribution < -0.4 is 10.6 Å². The van der Waals surface area contributed by atoms with Crippen molar-refractivity contribution in [3.63, 3.8) is 0 Å². The van der Waals surface area contributed by atoms with Crippen LogP contribution in [0, 0.1) is 30.6 Å². The minimum atomic E-state index is -3.85. The lowest BCUT2D eigenvalue weighted by Gasteiger charge is -2.37. The number of hydrogen-bond donors (Lipinski definition) is 0. The first-order valence-electron chi connectivity index (χ1n) is 9.96. The summed E-state index contributed by atoms with van der Waals surface area (Å²) in [6.45, 7) is 7.28. The number of Topliss-reactive ketones (excluding diaryl/α,β-unsaturated/α-hetero) is 2. The van der Waals surface area contributed by atoms with Crippen LogP contribution in [0.25, 0.3) is 0 Å². The van der Waals surface area contributed by atoms with E-state index in [-0.39, 0.29) is 6.42 Å². The van der Waals surface area contributed by atoms with E-state index < -0.39 is 41.0 Å². The molecule has 4 nitrogen and oxygen atoms in total. The van der Waals surface area contributed by atoms with Gasteiger partial charge in [-0.3, -0.25) is 14.4 Å². The van der Waals surface area contributed by atoms with Gasteiger partial charge in [0, 0.05) is 16.5 Å². The molecular weight excluding hydrogens is 383 g/mol. The molecule has 0 spiro atoms. The van der Waals surface area contributed by atoms with Gasteiger partial charge in [0.05, 0.1) is 0 Å². The van der Waals surface area contributed by atoms with E-state index in [0.717, 1.165) is 11.1 Å². The van der Waals surface area contributed by atoms with Crippen molar-refractivity contribution < 1.29 is 18.9 Å². The van der Waals surface area contributed by atoms with Crippen molar-refractivity contribution >= 4 is 34.8 Å². The van der Waals surface area contributed by atoms with Crippen molar-refractivity contribution in [1.82, 2.24) is 0 Å². The summed E-state index contributed by atoms with van der Waals surface area (Å²) in [5, 5.41) is 0.917. The zero-order chi connectivity index (χ0) is 21.2. The third kappa shape index (κ3) is 2.33. The Labute approximate surface area is 171 Å². The summed E-state index contributed by atoms with van der Waals surface area (Å²) in [6, 6.07) is 14.3. The average Bonchev–Trinajstić information content (AvgIpc) is 3.04. The van der Waals surface area contributed by atoms with Crippen LogP contribution >= 0.6 is 7.14 Å². The molecule has 2 bridgehead atoms. The lowest BCUT2D eigenvalue weighted by atomic mass is 9.70. The summed E-state index contributed by atoms with van der Waals surface area (Å²) < 4.78 is 14.9. The zero-order valence-corrected chi connectivity index (χ0v) is 18.1. The summed E-state index contributed by atoms with van der Waals surface area (Å²) in [6.07, 6.45) is 0.778. The standard InChI is InChI=1S/C24H25O4P/c1-15-9-5-7-11-18(15)29(28,19-12-8-6-10-16(19)2)22(27)24-14-13-17(23(24,3)4)20(25)21(24)26/h5-12,17H,13-14H2,1-4H3. The maximum Gasteiger partial charge on any atom is 0.214 e. The quantitative estimate of drug-likeness (QED) is 0.439. The second-order valence-electron chi connectivity index (χ2n) is 8.90. The number of rotatable bonds is 4. The second-order valence-corrected chi connectivity index (χ2v) is 11.5. The molecule has 2 unspecified atom stereocenters. The number of benzene rings is 2. The molecule has 0 aromatic heterocycles. The highest BCUT2D eigenvalue weighted by Gasteiger charge is 2.74. The summed E-state index contributed by atoms with van der Waals surface area (Å²) in [5.41, 5.74) is -1.44. The Hall–Kier alpha value is -2.32. The van der Waals surface area contributed by atoms with E-state index in [4.69, 9.17) is 0 Å². The average molecular weight is 408 g/mol. The molecule has 0 N–H and O–H groups in total. The van der Waals surface area contributed by atoms with Crippen LogP contribution in [-0.4, -0.2) is 17.1 Å². The van der Waals surface area contributed by atoms with Gasteiger partial charge in [-0.15, -0.1) is 0 Å². The Bertz CT molecular complexity index is 1060. The molecule has 2 aliphatic carbocycles. The number of hydrogen-bond acceptors (Lipinski definition) is 4. The number of fused-ring (bicyclic) bond motifs is 2. The van der Waals surface area contributed by atoms with Crippen LogP contribution in [0.5, 0.6) is 0 Å². The van der Waals surface area contributed by atoms with Gasteiger partial charge in [0.2, 0.25) is 24.2 Å². The van der Waals surface area contributed by atoms with Crippen molar-refractivity contribution in [2.24, 2.45) is 16.7 Å². The van der Waals surface area contributed by atoms with E-state index in [1.807, 2.05) is 52.0 Å². The summed E-state index contributed by atoms with van der Waals surface area (Å²) in [7, 11) is -3.85. The van der Waals surface area contributed by atoms with E-state index in [0.29, 0.717) is 17.0 Å². The Morgan fingerprint density at radius 1 is 0.931 bits per heavy atom. The van der Waals surface area contributed by atoms with E-state index in [2.05, 4.69) is 0 Å². The van der Waals surface area contributed by atoms with E-state index >= 15 is 0 Å². The molecular formula is C24H25O4P. The Morgan fingerprint density at radius 3 is 1.83 bits per heavy atom. The Balaban J connectivity index is 2.04. The molecule has 2 saturated carbocycles. The third-order valence-electron chi connectivity index (χ3n) is 7.27. The van der Waals surface area contributed by atoms with Gasteiger partial charge in [0.25, 0.3) is 0 Å². The van der Waals surface area contributed by atoms with Gasteiger partial charge in [0.1, 0.15) is 5.41 Å². The Kier molecular flexibility index (Phi) is 4.36. The third-order valence-corrected chi connectivity index (χ3v) is 10.6. The van der Waals surface area contributed by atoms with Crippen molar-refractivity contribution in [2.75, 3.05) is 0 Å². The van der Waals surface area contributed by atoms with Crippen LogP contribution in [0.1, 0.15) is 37.8 Å². The van der Waals surface area contributed by atoms with E-state index in [9.17, 15) is 18.9 Å². The van der Waals surface area contributed by atoms with Gasteiger partial charge in [-0.25, -0.2) is 0 Å². The molecule has 2 atom stereocenters. The number of carbonyl (C=O) groups excluding carboxylic acids is 3. The number of ketones is 2. The van der Waals surface area contributed by atoms with Crippen LogP contribution in [0.4, 0.5) is 0 Å². The minimum Gasteiger partial charge on any atom is -0.306 e. The van der Waals surface area contributed by atoms with Crippen molar-refractivity contribution in [3.05, 3.63) is 59.7 Å². The largest absolute Gasteiger partial charge is 0.306 e. The molecule has 4 rings (SSSR count). The molecule has 0 heterocycles. The summed E-state index contributed by atoms with van der Waals surface area (Å²) in [4.78, 5) is 40.1. The monoisotopic (exact) mass is 408 g/mol. The second kappa shape index (κ2) is 6.34. The van der Waals surface area contributed by atoms with Gasteiger partial charge in [-0.05, 0) is 43.2 Å². The highest BCUT2D eigenvalue weighted by atomic mass is 31.2. The first-order chi connectivity index (χ1) is 13.6. The van der Waals surface area contributed by atoms with Gasteiger partial charge in [-0.2, -0.15) is 0 Å². The lowest BCUT2D eigenvalue weighted by molar-refractivity contribution is -0.145. The smallest absolute Gasteiger partial charge is 0.214 e.